The van der Waals surface area contributed by atoms with Crippen LogP contribution in [-0.2, 0) is 17.6 Å². The van der Waals surface area contributed by atoms with E-state index in [2.05, 4.69) is 10.3 Å². The number of carboxylic acid groups (broad SMARTS) is 1. The smallest absolute Gasteiger partial charge is 0.308 e. The van der Waals surface area contributed by atoms with Gasteiger partial charge in [0.25, 0.3) is 5.91 Å². The van der Waals surface area contributed by atoms with Gasteiger partial charge < -0.3 is 15.3 Å². The summed E-state index contributed by atoms with van der Waals surface area (Å²) in [6.07, 6.45) is 3.80. The maximum absolute atomic E-state index is 12.4. The zero-order valence-electron chi connectivity index (χ0n) is 18.7. The SMILES string of the molecule is Cc1ccc(C(=O)Nc2ccc(Cc3nc(N(C)C)c(CC(=O)O)c4nccn34)cc2)cc1. The van der Waals surface area contributed by atoms with Gasteiger partial charge >= 0.3 is 5.97 Å². The number of nitrogens with one attached hydrogen (secondary N) is 1. The van der Waals surface area contributed by atoms with E-state index >= 15 is 0 Å². The molecule has 33 heavy (non-hydrogen) atoms. The minimum absolute atomic E-state index is 0.156. The Labute approximate surface area is 191 Å². The highest BCUT2D eigenvalue weighted by molar-refractivity contribution is 6.04. The molecule has 0 spiro atoms. The molecule has 1 amide bonds. The topological polar surface area (TPSA) is 99.8 Å². The number of amides is 1. The molecule has 2 N–H and O–H groups in total. The standard InChI is InChI=1S/C25H25N5O3/c1-16-4-8-18(9-5-16)25(33)27-19-10-6-17(7-11-19)14-21-28-24(29(2)3)20(15-22(31)32)23-26-12-13-30(21)23/h4-13H,14-15H2,1-3H3,(H,27,33)(H,31,32). The van der Waals surface area contributed by atoms with E-state index in [0.29, 0.717) is 34.7 Å². The van der Waals surface area contributed by atoms with Gasteiger partial charge in [-0.25, -0.2) is 9.97 Å². The van der Waals surface area contributed by atoms with E-state index in [1.165, 1.54) is 0 Å². The van der Waals surface area contributed by atoms with Gasteiger partial charge in [0.15, 0.2) is 0 Å². The molecule has 0 radical (unpaired) electrons. The maximum atomic E-state index is 12.4. The Morgan fingerprint density at radius 3 is 2.39 bits per heavy atom. The van der Waals surface area contributed by atoms with Gasteiger partial charge in [-0.3, -0.25) is 14.0 Å². The molecule has 2 aromatic heterocycles. The minimum atomic E-state index is -0.930. The molecule has 0 saturated carbocycles. The molecule has 0 fully saturated rings. The molecule has 2 aromatic carbocycles. The normalized spacial score (nSPS) is 10.9. The van der Waals surface area contributed by atoms with Crippen molar-refractivity contribution in [1.82, 2.24) is 14.4 Å². The molecule has 0 bridgehead atoms. The number of aryl methyl sites for hydroxylation is 1. The van der Waals surface area contributed by atoms with Crippen LogP contribution in [0.2, 0.25) is 0 Å². The van der Waals surface area contributed by atoms with Gasteiger partial charge in [0, 0.05) is 49.7 Å². The van der Waals surface area contributed by atoms with Crippen LogP contribution in [-0.4, -0.2) is 45.4 Å². The number of rotatable bonds is 7. The van der Waals surface area contributed by atoms with Crippen molar-refractivity contribution in [3.63, 3.8) is 0 Å². The second-order valence-corrected chi connectivity index (χ2v) is 8.11. The number of carboxylic acids is 1. The lowest BCUT2D eigenvalue weighted by molar-refractivity contribution is -0.136. The largest absolute Gasteiger partial charge is 0.481 e. The lowest BCUT2D eigenvalue weighted by atomic mass is 10.1. The zero-order valence-corrected chi connectivity index (χ0v) is 18.7. The molecule has 8 nitrogen and oxygen atoms in total. The highest BCUT2D eigenvalue weighted by Gasteiger charge is 2.19. The molecule has 0 aliphatic heterocycles. The van der Waals surface area contributed by atoms with Crippen molar-refractivity contribution >= 4 is 29.0 Å². The highest BCUT2D eigenvalue weighted by atomic mass is 16.4. The molecule has 4 rings (SSSR count). The lowest BCUT2D eigenvalue weighted by Gasteiger charge is -2.18. The summed E-state index contributed by atoms with van der Waals surface area (Å²) in [5.41, 5.74) is 4.58. The third kappa shape index (κ3) is 4.85. The third-order valence-electron chi connectivity index (χ3n) is 5.33. The van der Waals surface area contributed by atoms with Crippen molar-refractivity contribution in [2.75, 3.05) is 24.3 Å². The van der Waals surface area contributed by atoms with Gasteiger partial charge in [0.1, 0.15) is 17.3 Å². The summed E-state index contributed by atoms with van der Waals surface area (Å²) >= 11 is 0. The first-order valence-electron chi connectivity index (χ1n) is 10.5. The van der Waals surface area contributed by atoms with Gasteiger partial charge in [-0.05, 0) is 36.8 Å². The molecule has 0 unspecified atom stereocenters. The van der Waals surface area contributed by atoms with Crippen molar-refractivity contribution in [3.05, 3.63) is 89.0 Å². The first kappa shape index (κ1) is 22.0. The number of carbonyl (C=O) groups excluding carboxylic acids is 1. The Kier molecular flexibility index (Phi) is 6.08. The van der Waals surface area contributed by atoms with E-state index < -0.39 is 5.97 Å². The van der Waals surface area contributed by atoms with Crippen LogP contribution < -0.4 is 10.2 Å². The van der Waals surface area contributed by atoms with Crippen LogP contribution >= 0.6 is 0 Å². The van der Waals surface area contributed by atoms with E-state index in [9.17, 15) is 14.7 Å². The summed E-state index contributed by atoms with van der Waals surface area (Å²) in [5, 5.41) is 12.2. The lowest BCUT2D eigenvalue weighted by Crippen LogP contribution is -2.19. The summed E-state index contributed by atoms with van der Waals surface area (Å²) in [6.45, 7) is 1.98. The Hall–Kier alpha value is -4.20. The number of imidazole rings is 1. The van der Waals surface area contributed by atoms with E-state index in [0.717, 1.165) is 17.0 Å². The van der Waals surface area contributed by atoms with Crippen LogP contribution in [0.25, 0.3) is 5.65 Å². The number of anilines is 2. The quantitative estimate of drug-likeness (QED) is 0.453. The molecule has 4 aromatic rings. The van der Waals surface area contributed by atoms with Crippen LogP contribution in [0.15, 0.2) is 60.9 Å². The van der Waals surface area contributed by atoms with Gasteiger partial charge in [-0.2, -0.15) is 0 Å². The van der Waals surface area contributed by atoms with Gasteiger partial charge in [-0.15, -0.1) is 0 Å². The summed E-state index contributed by atoms with van der Waals surface area (Å²) in [5.74, 6) is 0.250. The van der Waals surface area contributed by atoms with E-state index in [4.69, 9.17) is 4.98 Å². The van der Waals surface area contributed by atoms with Crippen molar-refractivity contribution < 1.29 is 14.7 Å². The van der Waals surface area contributed by atoms with Crippen LogP contribution in [0.5, 0.6) is 0 Å². The number of hydrogen-bond acceptors (Lipinski definition) is 5. The molecule has 8 heteroatoms. The number of nitrogens with zero attached hydrogens (tertiary/aromatic N) is 4. The first-order chi connectivity index (χ1) is 15.8. The van der Waals surface area contributed by atoms with Crippen LogP contribution in [0.4, 0.5) is 11.5 Å². The number of aliphatic carboxylic acids is 1. The van der Waals surface area contributed by atoms with E-state index in [1.807, 2.05) is 61.8 Å². The fraction of sp³-hybridized carbons (Fsp3) is 0.200. The van der Waals surface area contributed by atoms with E-state index in [-0.39, 0.29) is 12.3 Å². The number of benzene rings is 2. The molecule has 2 heterocycles. The van der Waals surface area contributed by atoms with Crippen molar-refractivity contribution in [1.29, 1.82) is 0 Å². The minimum Gasteiger partial charge on any atom is -0.481 e. The van der Waals surface area contributed by atoms with Crippen molar-refractivity contribution in [3.8, 4) is 0 Å². The zero-order chi connectivity index (χ0) is 23.5. The number of fused-ring (bicyclic) bond motifs is 1. The summed E-state index contributed by atoms with van der Waals surface area (Å²) in [4.78, 5) is 34.8. The van der Waals surface area contributed by atoms with Crippen LogP contribution in [0.3, 0.4) is 0 Å². The molecular formula is C25H25N5O3. The Morgan fingerprint density at radius 1 is 1.06 bits per heavy atom. The maximum Gasteiger partial charge on any atom is 0.308 e. The number of hydrogen-bond donors (Lipinski definition) is 2. The Bertz CT molecular complexity index is 1310. The van der Waals surface area contributed by atoms with Gasteiger partial charge in [-0.1, -0.05) is 29.8 Å². The van der Waals surface area contributed by atoms with Crippen LogP contribution in [0, 0.1) is 6.92 Å². The number of carbonyl (C=O) groups is 2. The second-order valence-electron chi connectivity index (χ2n) is 8.11. The van der Waals surface area contributed by atoms with Gasteiger partial charge in [0.2, 0.25) is 0 Å². The summed E-state index contributed by atoms with van der Waals surface area (Å²) in [7, 11) is 3.67. The fourth-order valence-corrected chi connectivity index (χ4v) is 3.68. The Balaban J connectivity index is 1.57. The van der Waals surface area contributed by atoms with Crippen LogP contribution in [0.1, 0.15) is 32.9 Å². The number of aromatic nitrogens is 3. The fourth-order valence-electron chi connectivity index (χ4n) is 3.68. The molecule has 0 aliphatic carbocycles. The third-order valence-corrected chi connectivity index (χ3v) is 5.33. The summed E-state index contributed by atoms with van der Waals surface area (Å²) < 4.78 is 1.83. The molecule has 168 valence electrons. The molecule has 0 aliphatic rings. The Morgan fingerprint density at radius 2 is 1.76 bits per heavy atom. The average molecular weight is 444 g/mol. The predicted octanol–water partition coefficient (Wildman–Crippen LogP) is 3.57. The van der Waals surface area contributed by atoms with E-state index in [1.54, 1.807) is 29.4 Å². The summed E-state index contributed by atoms with van der Waals surface area (Å²) in [6, 6.07) is 15.0. The van der Waals surface area contributed by atoms with Crippen molar-refractivity contribution in [2.45, 2.75) is 19.8 Å². The second kappa shape index (κ2) is 9.12. The predicted molar refractivity (Wildman–Crippen MR) is 127 cm³/mol. The molecule has 0 saturated heterocycles. The van der Waals surface area contributed by atoms with Gasteiger partial charge in [0.05, 0.1) is 6.42 Å². The molecule has 0 atom stereocenters. The first-order valence-corrected chi connectivity index (χ1v) is 10.5. The average Bonchev–Trinajstić information content (AvgIpc) is 3.27. The highest BCUT2D eigenvalue weighted by Crippen LogP contribution is 2.24. The van der Waals surface area contributed by atoms with Crippen molar-refractivity contribution in [2.24, 2.45) is 0 Å². The molecular weight excluding hydrogens is 418 g/mol. The monoisotopic (exact) mass is 443 g/mol.